The van der Waals surface area contributed by atoms with Crippen LogP contribution >= 0.6 is 11.6 Å². The van der Waals surface area contributed by atoms with Gasteiger partial charge in [0.25, 0.3) is 11.6 Å². The zero-order chi connectivity index (χ0) is 16.7. The van der Waals surface area contributed by atoms with Crippen molar-refractivity contribution in [1.82, 2.24) is 5.43 Å². The van der Waals surface area contributed by atoms with Crippen molar-refractivity contribution in [3.63, 3.8) is 0 Å². The summed E-state index contributed by atoms with van der Waals surface area (Å²) in [7, 11) is 0. The summed E-state index contributed by atoms with van der Waals surface area (Å²) >= 11 is 5.95. The van der Waals surface area contributed by atoms with Gasteiger partial charge in [-0.05, 0) is 18.2 Å². The second kappa shape index (κ2) is 7.90. The Balaban J connectivity index is 1.90. The number of hydrogen-bond donors (Lipinski definition) is 2. The molecule has 0 fully saturated rings. The quantitative estimate of drug-likeness (QED) is 0.483. The van der Waals surface area contributed by atoms with E-state index in [4.69, 9.17) is 11.6 Å². The molecule has 8 heteroatoms. The van der Waals surface area contributed by atoms with Crippen molar-refractivity contribution in [2.45, 2.75) is 0 Å². The monoisotopic (exact) mass is 332 g/mol. The van der Waals surface area contributed by atoms with Gasteiger partial charge < -0.3 is 5.32 Å². The summed E-state index contributed by atoms with van der Waals surface area (Å²) in [5.41, 5.74) is 3.14. The average molecular weight is 333 g/mol. The summed E-state index contributed by atoms with van der Waals surface area (Å²) in [5, 5.41) is 17.9. The topological polar surface area (TPSA) is 96.6 Å². The molecule has 0 saturated heterocycles. The second-order valence-corrected chi connectivity index (χ2v) is 4.85. The molecule has 7 nitrogen and oxygen atoms in total. The third-order valence-electron chi connectivity index (χ3n) is 2.84. The number of hydrogen-bond acceptors (Lipinski definition) is 5. The van der Waals surface area contributed by atoms with Gasteiger partial charge in [-0.25, -0.2) is 5.43 Å². The van der Waals surface area contributed by atoms with Gasteiger partial charge in [0.1, 0.15) is 0 Å². The van der Waals surface area contributed by atoms with Crippen LogP contribution in [0.25, 0.3) is 0 Å². The summed E-state index contributed by atoms with van der Waals surface area (Å²) in [5.74, 6) is -0.403. The van der Waals surface area contributed by atoms with Crippen molar-refractivity contribution < 1.29 is 9.72 Å². The van der Waals surface area contributed by atoms with Crippen molar-refractivity contribution in [2.24, 2.45) is 5.10 Å². The molecule has 118 valence electrons. The van der Waals surface area contributed by atoms with Crippen molar-refractivity contribution in [1.29, 1.82) is 0 Å². The van der Waals surface area contributed by atoms with Crippen LogP contribution in [0, 0.1) is 10.1 Å². The molecule has 0 aliphatic heterocycles. The standard InChI is InChI=1S/C15H13ClN4O3/c16-12-6-2-3-7-13(12)17-10-15(21)19-18-9-11-5-1-4-8-14(11)20(22)23/h1-9,17H,10H2,(H,19,21)/b18-9+. The van der Waals surface area contributed by atoms with Crippen molar-refractivity contribution in [2.75, 3.05) is 11.9 Å². The highest BCUT2D eigenvalue weighted by Crippen LogP contribution is 2.19. The summed E-state index contributed by atoms with van der Waals surface area (Å²) in [6.07, 6.45) is 1.23. The van der Waals surface area contributed by atoms with E-state index in [2.05, 4.69) is 15.8 Å². The highest BCUT2D eigenvalue weighted by atomic mass is 35.5. The minimum absolute atomic E-state index is 0.0298. The molecular weight excluding hydrogens is 320 g/mol. The normalized spacial score (nSPS) is 10.5. The van der Waals surface area contributed by atoms with E-state index >= 15 is 0 Å². The van der Waals surface area contributed by atoms with Crippen LogP contribution in [0.1, 0.15) is 5.56 Å². The molecule has 0 heterocycles. The van der Waals surface area contributed by atoms with Gasteiger partial charge in [-0.15, -0.1) is 0 Å². The van der Waals surface area contributed by atoms with E-state index in [0.29, 0.717) is 16.3 Å². The number of nitrogens with one attached hydrogen (secondary N) is 2. The molecule has 0 bridgehead atoms. The molecule has 0 aliphatic rings. The number of carbonyl (C=O) groups excluding carboxylic acids is 1. The average Bonchev–Trinajstić information content (AvgIpc) is 2.54. The van der Waals surface area contributed by atoms with Gasteiger partial charge in [0.15, 0.2) is 0 Å². The fourth-order valence-electron chi connectivity index (χ4n) is 1.76. The van der Waals surface area contributed by atoms with Crippen LogP contribution < -0.4 is 10.7 Å². The van der Waals surface area contributed by atoms with E-state index in [1.54, 1.807) is 36.4 Å². The first-order valence-electron chi connectivity index (χ1n) is 6.61. The third kappa shape index (κ3) is 4.79. The lowest BCUT2D eigenvalue weighted by Gasteiger charge is -2.06. The van der Waals surface area contributed by atoms with Crippen LogP contribution in [0.5, 0.6) is 0 Å². The predicted molar refractivity (Wildman–Crippen MR) is 88.8 cm³/mol. The number of hydrazone groups is 1. The lowest BCUT2D eigenvalue weighted by Crippen LogP contribution is -2.26. The first-order chi connectivity index (χ1) is 11.1. The Morgan fingerprint density at radius 3 is 2.65 bits per heavy atom. The van der Waals surface area contributed by atoms with Crippen LogP contribution in [-0.4, -0.2) is 23.6 Å². The second-order valence-electron chi connectivity index (χ2n) is 4.44. The van der Waals surface area contributed by atoms with Gasteiger partial charge in [0, 0.05) is 6.07 Å². The Morgan fingerprint density at radius 1 is 1.22 bits per heavy atom. The summed E-state index contributed by atoms with van der Waals surface area (Å²) in [4.78, 5) is 22.0. The van der Waals surface area contributed by atoms with Gasteiger partial charge in [0.2, 0.25) is 0 Å². The maximum Gasteiger partial charge on any atom is 0.278 e. The minimum Gasteiger partial charge on any atom is -0.375 e. The van der Waals surface area contributed by atoms with E-state index < -0.39 is 10.8 Å². The Kier molecular flexibility index (Phi) is 5.65. The highest BCUT2D eigenvalue weighted by Gasteiger charge is 2.10. The van der Waals surface area contributed by atoms with Crippen LogP contribution in [0.4, 0.5) is 11.4 Å². The molecule has 2 rings (SSSR count). The zero-order valence-electron chi connectivity index (χ0n) is 11.9. The smallest absolute Gasteiger partial charge is 0.278 e. The first-order valence-corrected chi connectivity index (χ1v) is 6.99. The molecule has 2 aromatic rings. The molecule has 0 spiro atoms. The predicted octanol–water partition coefficient (Wildman–Crippen LogP) is 2.81. The largest absolute Gasteiger partial charge is 0.375 e. The van der Waals surface area contributed by atoms with E-state index in [1.807, 2.05) is 0 Å². The van der Waals surface area contributed by atoms with Crippen LogP contribution in [0.15, 0.2) is 53.6 Å². The van der Waals surface area contributed by atoms with Crippen molar-refractivity contribution >= 4 is 35.1 Å². The fourth-order valence-corrected chi connectivity index (χ4v) is 1.96. The van der Waals surface area contributed by atoms with Gasteiger partial charge in [-0.1, -0.05) is 35.9 Å². The number of carbonyl (C=O) groups is 1. The molecule has 1 amide bonds. The van der Waals surface area contributed by atoms with E-state index in [0.717, 1.165) is 0 Å². The number of nitrogens with zero attached hydrogens (tertiary/aromatic N) is 2. The third-order valence-corrected chi connectivity index (χ3v) is 3.17. The number of nitro groups is 1. The first kappa shape index (κ1) is 16.4. The molecule has 23 heavy (non-hydrogen) atoms. The van der Waals surface area contributed by atoms with E-state index in [9.17, 15) is 14.9 Å². The maximum atomic E-state index is 11.7. The lowest BCUT2D eigenvalue weighted by atomic mass is 10.2. The number of rotatable bonds is 6. The molecule has 0 aliphatic carbocycles. The molecule has 2 aromatic carbocycles. The summed E-state index contributed by atoms with van der Waals surface area (Å²) < 4.78 is 0. The van der Waals surface area contributed by atoms with Crippen LogP contribution in [-0.2, 0) is 4.79 Å². The molecule has 0 saturated carbocycles. The molecule has 2 N–H and O–H groups in total. The van der Waals surface area contributed by atoms with E-state index in [1.165, 1.54) is 18.3 Å². The minimum atomic E-state index is -0.512. The molecule has 0 aromatic heterocycles. The number of benzene rings is 2. The molecule has 0 atom stereocenters. The number of anilines is 1. The zero-order valence-corrected chi connectivity index (χ0v) is 12.7. The Morgan fingerprint density at radius 2 is 1.91 bits per heavy atom. The lowest BCUT2D eigenvalue weighted by molar-refractivity contribution is -0.385. The number of halogens is 1. The number of para-hydroxylation sites is 2. The fraction of sp³-hybridized carbons (Fsp3) is 0.0667. The van der Waals surface area contributed by atoms with Gasteiger partial charge in [-0.2, -0.15) is 5.10 Å². The van der Waals surface area contributed by atoms with Crippen molar-refractivity contribution in [3.05, 3.63) is 69.2 Å². The van der Waals surface area contributed by atoms with Gasteiger partial charge in [-0.3, -0.25) is 14.9 Å². The van der Waals surface area contributed by atoms with Gasteiger partial charge >= 0.3 is 0 Å². The number of amides is 1. The Hall–Kier alpha value is -2.93. The van der Waals surface area contributed by atoms with Crippen molar-refractivity contribution in [3.8, 4) is 0 Å². The SMILES string of the molecule is O=C(CNc1ccccc1Cl)N/N=C/c1ccccc1[N+](=O)[O-]. The molecule has 0 unspecified atom stereocenters. The highest BCUT2D eigenvalue weighted by molar-refractivity contribution is 6.33. The Labute approximate surface area is 137 Å². The van der Waals surface area contributed by atoms with E-state index in [-0.39, 0.29) is 12.2 Å². The number of nitro benzene ring substituents is 1. The maximum absolute atomic E-state index is 11.7. The Bertz CT molecular complexity index is 749. The van der Waals surface area contributed by atoms with Crippen LogP contribution in [0.2, 0.25) is 5.02 Å². The molecule has 0 radical (unpaired) electrons. The molecular formula is C15H13ClN4O3. The van der Waals surface area contributed by atoms with Gasteiger partial charge in [0.05, 0.1) is 34.0 Å². The summed E-state index contributed by atoms with van der Waals surface area (Å²) in [6, 6.07) is 13.1. The summed E-state index contributed by atoms with van der Waals surface area (Å²) in [6.45, 7) is -0.0298. The van der Waals surface area contributed by atoms with Crippen LogP contribution in [0.3, 0.4) is 0 Å².